The third-order valence-corrected chi connectivity index (χ3v) is 5.38. The maximum absolute atomic E-state index is 14.7. The largest absolute Gasteiger partial charge is 0.480 e. The van der Waals surface area contributed by atoms with Crippen molar-refractivity contribution in [2.45, 2.75) is 53.2 Å². The van der Waals surface area contributed by atoms with Crippen molar-refractivity contribution in [1.29, 1.82) is 0 Å². The average Bonchev–Trinajstić information content (AvgIpc) is 2.84. The molecule has 1 aliphatic heterocycles. The molecular weight excluding hydrogens is 387 g/mol. The van der Waals surface area contributed by atoms with Gasteiger partial charge in [0.2, 0.25) is 0 Å². The molecule has 0 fully saturated rings. The zero-order valence-electron chi connectivity index (χ0n) is 18.1. The monoisotopic (exact) mass is 416 g/mol. The van der Waals surface area contributed by atoms with Crippen molar-refractivity contribution in [3.05, 3.63) is 41.0 Å². The van der Waals surface area contributed by atoms with Crippen LogP contribution in [0.25, 0.3) is 11.4 Å². The van der Waals surface area contributed by atoms with Gasteiger partial charge in [-0.2, -0.15) is 0 Å². The van der Waals surface area contributed by atoms with Crippen LogP contribution in [0.15, 0.2) is 18.2 Å². The fraction of sp³-hybridized carbons (Fsp3) is 0.500. The number of halogens is 1. The van der Waals surface area contributed by atoms with Crippen molar-refractivity contribution in [1.82, 2.24) is 19.8 Å². The molecule has 3 rings (SSSR count). The highest BCUT2D eigenvalue weighted by molar-refractivity contribution is 5.97. The molecule has 0 bridgehead atoms. The molecule has 2 aromatic rings. The van der Waals surface area contributed by atoms with E-state index in [1.807, 2.05) is 24.6 Å². The summed E-state index contributed by atoms with van der Waals surface area (Å²) >= 11 is 0. The van der Waals surface area contributed by atoms with Gasteiger partial charge in [0.15, 0.2) is 5.69 Å². The van der Waals surface area contributed by atoms with E-state index in [0.717, 1.165) is 18.5 Å². The Morgan fingerprint density at radius 3 is 2.57 bits per heavy atom. The number of benzene rings is 1. The second-order valence-electron chi connectivity index (χ2n) is 9.07. The van der Waals surface area contributed by atoms with Crippen LogP contribution in [0.3, 0.4) is 0 Å². The van der Waals surface area contributed by atoms with E-state index in [-0.39, 0.29) is 5.69 Å². The van der Waals surface area contributed by atoms with Crippen LogP contribution >= 0.6 is 0 Å². The zero-order valence-corrected chi connectivity index (χ0v) is 18.1. The number of rotatable bonds is 4. The minimum atomic E-state index is -1.11. The first kappa shape index (κ1) is 22.0. The summed E-state index contributed by atoms with van der Waals surface area (Å²) in [6.45, 7) is 8.96. The topological polar surface area (TPSA) is 87.5 Å². The van der Waals surface area contributed by atoms with Gasteiger partial charge in [0.25, 0.3) is 5.91 Å². The molecule has 162 valence electrons. The van der Waals surface area contributed by atoms with Crippen LogP contribution in [0, 0.1) is 18.2 Å². The minimum absolute atomic E-state index is 0.147. The van der Waals surface area contributed by atoms with Crippen LogP contribution in [0.5, 0.6) is 0 Å². The van der Waals surface area contributed by atoms with Crippen molar-refractivity contribution in [3.63, 3.8) is 0 Å². The number of hydrogen-bond donors (Lipinski definition) is 2. The Labute approximate surface area is 175 Å². The van der Waals surface area contributed by atoms with Gasteiger partial charge >= 0.3 is 5.97 Å². The van der Waals surface area contributed by atoms with E-state index < -0.39 is 29.2 Å². The number of carbonyl (C=O) groups is 2. The summed E-state index contributed by atoms with van der Waals surface area (Å²) in [5.74, 6) is -1.67. The first-order chi connectivity index (χ1) is 14.0. The number of nitrogens with one attached hydrogen (secondary N) is 1. The van der Waals surface area contributed by atoms with E-state index in [1.165, 1.54) is 6.07 Å². The number of aryl methyl sites for hydroxylation is 1. The average molecular weight is 416 g/mol. The van der Waals surface area contributed by atoms with Gasteiger partial charge in [0.1, 0.15) is 17.7 Å². The van der Waals surface area contributed by atoms with Crippen LogP contribution in [-0.2, 0) is 17.9 Å². The lowest BCUT2D eigenvalue weighted by Crippen LogP contribution is -2.49. The molecule has 1 aromatic heterocycles. The molecule has 1 unspecified atom stereocenters. The first-order valence-corrected chi connectivity index (χ1v) is 10.1. The minimum Gasteiger partial charge on any atom is -0.480 e. The molecule has 30 heavy (non-hydrogen) atoms. The van der Waals surface area contributed by atoms with E-state index in [4.69, 9.17) is 0 Å². The number of carbonyl (C=O) groups excluding carboxylic acids is 1. The number of fused-ring (bicyclic) bond motifs is 1. The first-order valence-electron chi connectivity index (χ1n) is 10.1. The Bertz CT molecular complexity index is 977. The molecule has 2 N–H and O–H groups in total. The fourth-order valence-electron chi connectivity index (χ4n) is 3.76. The van der Waals surface area contributed by atoms with Crippen LogP contribution in [-0.4, -0.2) is 51.1 Å². The van der Waals surface area contributed by atoms with E-state index in [1.54, 1.807) is 26.8 Å². The number of amides is 1. The van der Waals surface area contributed by atoms with E-state index in [9.17, 15) is 19.1 Å². The molecule has 0 aliphatic carbocycles. The second kappa shape index (κ2) is 8.18. The van der Waals surface area contributed by atoms with Gasteiger partial charge in [-0.3, -0.25) is 4.79 Å². The van der Waals surface area contributed by atoms with E-state index in [2.05, 4.69) is 15.2 Å². The van der Waals surface area contributed by atoms with Gasteiger partial charge in [-0.1, -0.05) is 26.8 Å². The molecule has 7 nitrogen and oxygen atoms in total. The third kappa shape index (κ3) is 4.38. The Morgan fingerprint density at radius 1 is 1.27 bits per heavy atom. The summed E-state index contributed by atoms with van der Waals surface area (Å²) in [4.78, 5) is 31.4. The van der Waals surface area contributed by atoms with Crippen LogP contribution < -0.4 is 5.32 Å². The summed E-state index contributed by atoms with van der Waals surface area (Å²) in [5, 5.41) is 12.2. The maximum atomic E-state index is 14.7. The molecule has 0 saturated heterocycles. The highest BCUT2D eigenvalue weighted by atomic mass is 19.1. The van der Waals surface area contributed by atoms with Crippen molar-refractivity contribution in [2.75, 3.05) is 13.6 Å². The molecule has 0 spiro atoms. The quantitative estimate of drug-likeness (QED) is 0.800. The van der Waals surface area contributed by atoms with Crippen LogP contribution in [0.2, 0.25) is 0 Å². The predicted molar refractivity (Wildman–Crippen MR) is 112 cm³/mol. The molecular formula is C22H29FN4O3. The van der Waals surface area contributed by atoms with Crippen molar-refractivity contribution < 1.29 is 19.1 Å². The number of aliphatic carboxylic acids is 1. The zero-order chi connectivity index (χ0) is 22.2. The summed E-state index contributed by atoms with van der Waals surface area (Å²) in [7, 11) is 1.95. The summed E-state index contributed by atoms with van der Waals surface area (Å²) in [6, 6.07) is 3.85. The lowest BCUT2D eigenvalue weighted by Gasteiger charge is -2.27. The fourth-order valence-corrected chi connectivity index (χ4v) is 3.76. The number of aromatic nitrogens is 2. The number of carboxylic acids is 1. The second-order valence-corrected chi connectivity index (χ2v) is 9.07. The van der Waals surface area contributed by atoms with Crippen molar-refractivity contribution in [3.8, 4) is 11.4 Å². The van der Waals surface area contributed by atoms with Crippen LogP contribution in [0.1, 0.15) is 48.9 Å². The summed E-state index contributed by atoms with van der Waals surface area (Å²) in [6.07, 6.45) is 0.834. The molecule has 1 aromatic carbocycles. The molecule has 1 aliphatic rings. The maximum Gasteiger partial charge on any atom is 0.326 e. The van der Waals surface area contributed by atoms with Gasteiger partial charge in [0.05, 0.1) is 11.3 Å². The van der Waals surface area contributed by atoms with Crippen molar-refractivity contribution >= 4 is 11.9 Å². The lowest BCUT2D eigenvalue weighted by molar-refractivity contribution is -0.142. The molecule has 8 heteroatoms. The van der Waals surface area contributed by atoms with Crippen LogP contribution in [0.4, 0.5) is 4.39 Å². The van der Waals surface area contributed by atoms with Gasteiger partial charge in [-0.05, 0) is 50.0 Å². The normalized spacial score (nSPS) is 15.9. The number of nitrogens with zero attached hydrogens (tertiary/aromatic N) is 3. The SMILES string of the molecule is Cc1ccc(-c2nc(C(=O)NC(C(=O)O)C(C)(C)C)c3n2CCCN(C)C3)c(F)c1. The van der Waals surface area contributed by atoms with Gasteiger partial charge < -0.3 is 19.9 Å². The standard InChI is InChI=1S/C22H29FN4O3/c1-13-7-8-14(15(23)11-13)19-24-17(16-12-26(5)9-6-10-27(16)19)20(28)25-18(21(29)30)22(2,3)4/h7-8,11,18H,6,9-10,12H2,1-5H3,(H,25,28)(H,29,30). The molecule has 0 radical (unpaired) electrons. The van der Waals surface area contributed by atoms with E-state index >= 15 is 0 Å². The Kier molecular flexibility index (Phi) is 5.99. The number of carboxylic acid groups (broad SMARTS) is 1. The highest BCUT2D eigenvalue weighted by Gasteiger charge is 2.35. The van der Waals surface area contributed by atoms with Crippen molar-refractivity contribution in [2.24, 2.45) is 5.41 Å². The summed E-state index contributed by atoms with van der Waals surface area (Å²) < 4.78 is 16.6. The third-order valence-electron chi connectivity index (χ3n) is 5.38. The Balaban J connectivity index is 2.09. The highest BCUT2D eigenvalue weighted by Crippen LogP contribution is 2.29. The molecule has 0 saturated carbocycles. The van der Waals surface area contributed by atoms with E-state index in [0.29, 0.717) is 30.2 Å². The molecule has 2 heterocycles. The predicted octanol–water partition coefficient (Wildman–Crippen LogP) is 3.06. The smallest absolute Gasteiger partial charge is 0.326 e. The number of imidazole rings is 1. The summed E-state index contributed by atoms with van der Waals surface area (Å²) in [5.41, 5.74) is 1.26. The lowest BCUT2D eigenvalue weighted by atomic mass is 9.86. The molecule has 1 amide bonds. The van der Waals surface area contributed by atoms with Gasteiger partial charge in [-0.15, -0.1) is 0 Å². The molecule has 1 atom stereocenters. The van der Waals surface area contributed by atoms with Gasteiger partial charge in [0, 0.05) is 13.1 Å². The van der Waals surface area contributed by atoms with Gasteiger partial charge in [-0.25, -0.2) is 14.2 Å². The Morgan fingerprint density at radius 2 is 1.97 bits per heavy atom. The Hall–Kier alpha value is -2.74. The number of hydrogen-bond acceptors (Lipinski definition) is 4.